The van der Waals surface area contributed by atoms with E-state index in [1.807, 2.05) is 0 Å². The minimum atomic E-state index is -0.923. The molecular weight excluding hydrogens is 298 g/mol. The highest BCUT2D eigenvalue weighted by Crippen LogP contribution is 2.19. The van der Waals surface area contributed by atoms with Crippen LogP contribution in [0.25, 0.3) is 10.9 Å². The van der Waals surface area contributed by atoms with Gasteiger partial charge in [0.05, 0.1) is 11.1 Å². The number of likely N-dealkylation sites (tertiary alicyclic amines) is 1. The Morgan fingerprint density at radius 3 is 2.65 bits per heavy atom. The summed E-state index contributed by atoms with van der Waals surface area (Å²) < 4.78 is 0. The van der Waals surface area contributed by atoms with E-state index in [4.69, 9.17) is 5.11 Å². The fourth-order valence-electron chi connectivity index (χ4n) is 2.73. The molecule has 1 fully saturated rings. The minimum Gasteiger partial charge on any atom is -0.508 e. The number of carboxylic acid groups (broad SMARTS) is 1. The van der Waals surface area contributed by atoms with Crippen molar-refractivity contribution in [3.63, 3.8) is 0 Å². The maximum Gasteiger partial charge on any atom is 0.407 e. The SMILES string of the molecule is O=C(NC1CCN(C(=O)O)CC1)c1cnc2ccc(O)cc2c1. The lowest BCUT2D eigenvalue weighted by Crippen LogP contribution is -2.46. The van der Waals surface area contributed by atoms with Crippen molar-refractivity contribution in [1.29, 1.82) is 0 Å². The number of amides is 2. The summed E-state index contributed by atoms with van der Waals surface area (Å²) in [6, 6.07) is 6.44. The van der Waals surface area contributed by atoms with Gasteiger partial charge in [-0.15, -0.1) is 0 Å². The van der Waals surface area contributed by atoms with Gasteiger partial charge < -0.3 is 20.4 Å². The quantitative estimate of drug-likeness (QED) is 0.784. The lowest BCUT2D eigenvalue weighted by molar-refractivity contribution is 0.0907. The number of carbonyl (C=O) groups excluding carboxylic acids is 1. The summed E-state index contributed by atoms with van der Waals surface area (Å²) in [7, 11) is 0. The van der Waals surface area contributed by atoms with Crippen molar-refractivity contribution in [3.8, 4) is 5.75 Å². The summed E-state index contributed by atoms with van der Waals surface area (Å²) in [5.41, 5.74) is 1.12. The highest BCUT2D eigenvalue weighted by Gasteiger charge is 2.23. The molecule has 1 saturated heterocycles. The maximum absolute atomic E-state index is 12.3. The molecule has 1 aromatic heterocycles. The second-order valence-electron chi connectivity index (χ2n) is 5.62. The van der Waals surface area contributed by atoms with Gasteiger partial charge in [0.2, 0.25) is 0 Å². The van der Waals surface area contributed by atoms with Gasteiger partial charge in [-0.25, -0.2) is 4.79 Å². The number of nitrogens with zero attached hydrogens (tertiary/aromatic N) is 2. The summed E-state index contributed by atoms with van der Waals surface area (Å²) in [6.45, 7) is 0.842. The van der Waals surface area contributed by atoms with Crippen molar-refractivity contribution >= 4 is 22.9 Å². The number of nitrogens with one attached hydrogen (secondary N) is 1. The van der Waals surface area contributed by atoms with Crippen LogP contribution in [0.3, 0.4) is 0 Å². The van der Waals surface area contributed by atoms with Gasteiger partial charge >= 0.3 is 6.09 Å². The Morgan fingerprint density at radius 2 is 1.96 bits per heavy atom. The monoisotopic (exact) mass is 315 g/mol. The number of pyridine rings is 1. The predicted molar refractivity (Wildman–Crippen MR) is 83.5 cm³/mol. The van der Waals surface area contributed by atoms with E-state index in [0.29, 0.717) is 42.4 Å². The third kappa shape index (κ3) is 3.33. The van der Waals surface area contributed by atoms with Crippen molar-refractivity contribution in [1.82, 2.24) is 15.2 Å². The third-order valence-electron chi connectivity index (χ3n) is 4.03. The van der Waals surface area contributed by atoms with Gasteiger partial charge in [-0.3, -0.25) is 9.78 Å². The molecule has 0 unspecified atom stereocenters. The standard InChI is InChI=1S/C16H17N3O4/c20-13-1-2-14-10(8-13)7-11(9-17-14)15(21)18-12-3-5-19(6-4-12)16(22)23/h1-2,7-9,12,20H,3-6H2,(H,18,21)(H,22,23). The zero-order valence-corrected chi connectivity index (χ0v) is 12.4. The van der Waals surface area contributed by atoms with Crippen LogP contribution in [0.1, 0.15) is 23.2 Å². The molecule has 1 aliphatic heterocycles. The van der Waals surface area contributed by atoms with Gasteiger partial charge in [0, 0.05) is 30.7 Å². The Kier molecular flexibility index (Phi) is 4.01. The van der Waals surface area contributed by atoms with Crippen LogP contribution in [0, 0.1) is 0 Å². The van der Waals surface area contributed by atoms with Crippen LogP contribution in [-0.2, 0) is 0 Å². The Balaban J connectivity index is 1.68. The normalized spacial score (nSPS) is 15.6. The number of fused-ring (bicyclic) bond motifs is 1. The first-order chi connectivity index (χ1) is 11.0. The number of benzene rings is 1. The largest absolute Gasteiger partial charge is 0.508 e. The van der Waals surface area contributed by atoms with Crippen LogP contribution in [0.4, 0.5) is 4.79 Å². The van der Waals surface area contributed by atoms with Gasteiger partial charge in [-0.1, -0.05) is 0 Å². The summed E-state index contributed by atoms with van der Waals surface area (Å²) in [5, 5.41) is 22.0. The number of rotatable bonds is 2. The van der Waals surface area contributed by atoms with Crippen molar-refractivity contribution < 1.29 is 19.8 Å². The highest BCUT2D eigenvalue weighted by atomic mass is 16.4. The second kappa shape index (κ2) is 6.12. The predicted octanol–water partition coefficient (Wildman–Crippen LogP) is 1.81. The zero-order valence-electron chi connectivity index (χ0n) is 12.4. The Morgan fingerprint density at radius 1 is 1.22 bits per heavy atom. The Labute approximate surface area is 132 Å². The van der Waals surface area contributed by atoms with Crippen molar-refractivity contribution in [2.75, 3.05) is 13.1 Å². The first-order valence-electron chi connectivity index (χ1n) is 7.40. The average Bonchev–Trinajstić information content (AvgIpc) is 2.54. The fraction of sp³-hybridized carbons (Fsp3) is 0.312. The maximum atomic E-state index is 12.3. The summed E-state index contributed by atoms with van der Waals surface area (Å²) in [5.74, 6) is -0.116. The van der Waals surface area contributed by atoms with Crippen molar-refractivity contribution in [3.05, 3.63) is 36.0 Å². The second-order valence-corrected chi connectivity index (χ2v) is 5.62. The number of hydrogen-bond acceptors (Lipinski definition) is 4. The van der Waals surface area contributed by atoms with Crippen LogP contribution < -0.4 is 5.32 Å². The molecule has 2 heterocycles. The number of aromatic nitrogens is 1. The smallest absolute Gasteiger partial charge is 0.407 e. The summed E-state index contributed by atoms with van der Waals surface area (Å²) in [6.07, 6.45) is 1.77. The first-order valence-corrected chi connectivity index (χ1v) is 7.40. The molecule has 7 nitrogen and oxygen atoms in total. The number of piperidine rings is 1. The molecule has 0 radical (unpaired) electrons. The van der Waals surface area contributed by atoms with Crippen LogP contribution >= 0.6 is 0 Å². The number of hydrogen-bond donors (Lipinski definition) is 3. The van der Waals surface area contributed by atoms with Crippen LogP contribution in [0.2, 0.25) is 0 Å². The molecule has 0 saturated carbocycles. The molecule has 2 aromatic rings. The summed E-state index contributed by atoms with van der Waals surface area (Å²) in [4.78, 5) is 28.7. The van der Waals surface area contributed by atoms with E-state index >= 15 is 0 Å². The van der Waals surface area contributed by atoms with Gasteiger partial charge in [-0.05, 0) is 37.1 Å². The van der Waals surface area contributed by atoms with E-state index in [9.17, 15) is 14.7 Å². The van der Waals surface area contributed by atoms with E-state index < -0.39 is 6.09 Å². The summed E-state index contributed by atoms with van der Waals surface area (Å²) >= 11 is 0. The molecule has 1 aromatic carbocycles. The van der Waals surface area contributed by atoms with Crippen molar-refractivity contribution in [2.45, 2.75) is 18.9 Å². The lowest BCUT2D eigenvalue weighted by atomic mass is 10.0. The molecule has 0 spiro atoms. The topological polar surface area (TPSA) is 103 Å². The molecule has 3 N–H and O–H groups in total. The zero-order chi connectivity index (χ0) is 16.4. The molecule has 0 aliphatic carbocycles. The van der Waals surface area contributed by atoms with E-state index in [0.717, 1.165) is 0 Å². The van der Waals surface area contributed by atoms with Crippen LogP contribution in [0.15, 0.2) is 30.5 Å². The van der Waals surface area contributed by atoms with Gasteiger partial charge in [-0.2, -0.15) is 0 Å². The molecule has 23 heavy (non-hydrogen) atoms. The van der Waals surface area contributed by atoms with Crippen molar-refractivity contribution in [2.24, 2.45) is 0 Å². The first kappa shape index (κ1) is 15.1. The Hall–Kier alpha value is -2.83. The molecule has 1 aliphatic rings. The molecule has 0 bridgehead atoms. The lowest BCUT2D eigenvalue weighted by Gasteiger charge is -2.30. The average molecular weight is 315 g/mol. The minimum absolute atomic E-state index is 0.0435. The highest BCUT2D eigenvalue weighted by molar-refractivity contribution is 5.97. The van der Waals surface area contributed by atoms with Gasteiger partial charge in [0.25, 0.3) is 5.91 Å². The third-order valence-corrected chi connectivity index (χ3v) is 4.03. The number of phenols is 1. The Bertz CT molecular complexity index is 754. The molecule has 2 amide bonds. The molecule has 7 heteroatoms. The number of carbonyl (C=O) groups is 2. The molecule has 0 atom stereocenters. The van der Waals surface area contributed by atoms with Crippen LogP contribution in [0.5, 0.6) is 5.75 Å². The fourth-order valence-corrected chi connectivity index (χ4v) is 2.73. The molecular formula is C16H17N3O4. The molecule has 120 valence electrons. The van der Waals surface area contributed by atoms with Crippen LogP contribution in [-0.4, -0.2) is 51.2 Å². The van der Waals surface area contributed by atoms with E-state index in [-0.39, 0.29) is 17.7 Å². The van der Waals surface area contributed by atoms with Gasteiger partial charge in [0.15, 0.2) is 0 Å². The number of aromatic hydroxyl groups is 1. The number of phenolic OH excluding ortho intramolecular Hbond substituents is 1. The van der Waals surface area contributed by atoms with E-state index in [1.165, 1.54) is 11.1 Å². The van der Waals surface area contributed by atoms with E-state index in [1.54, 1.807) is 24.3 Å². The molecule has 3 rings (SSSR count). The van der Waals surface area contributed by atoms with E-state index in [2.05, 4.69) is 10.3 Å². The van der Waals surface area contributed by atoms with Gasteiger partial charge in [0.1, 0.15) is 5.75 Å².